The molecule has 0 saturated carbocycles. The molecule has 0 fully saturated rings. The Hall–Kier alpha value is -1.62. The first-order chi connectivity index (χ1) is 8.50. The van der Waals surface area contributed by atoms with Crippen LogP contribution in [0.1, 0.15) is 24.2 Å². The van der Waals surface area contributed by atoms with Crippen molar-refractivity contribution < 1.29 is 13.9 Å². The lowest BCUT2D eigenvalue weighted by Gasteiger charge is -2.09. The van der Waals surface area contributed by atoms with E-state index in [0.717, 1.165) is 6.07 Å². The van der Waals surface area contributed by atoms with Gasteiger partial charge in [0.05, 0.1) is 12.2 Å². The van der Waals surface area contributed by atoms with Gasteiger partial charge in [-0.15, -0.1) is 0 Å². The van der Waals surface area contributed by atoms with Crippen LogP contribution in [0, 0.1) is 11.7 Å². The van der Waals surface area contributed by atoms with Crippen molar-refractivity contribution in [3.63, 3.8) is 0 Å². The first kappa shape index (κ1) is 14.4. The Kier molecular flexibility index (Phi) is 5.58. The summed E-state index contributed by atoms with van der Waals surface area (Å²) in [4.78, 5) is 11.7. The zero-order valence-electron chi connectivity index (χ0n) is 10.7. The number of hydrogen-bond acceptors (Lipinski definition) is 3. The van der Waals surface area contributed by atoms with Crippen LogP contribution in [0.3, 0.4) is 0 Å². The summed E-state index contributed by atoms with van der Waals surface area (Å²) in [6.45, 7) is 5.62. The molecule has 0 radical (unpaired) electrons. The zero-order valence-corrected chi connectivity index (χ0v) is 10.7. The number of nitrogen functional groups attached to an aromatic ring is 1. The molecule has 0 spiro atoms. The van der Waals surface area contributed by atoms with E-state index in [1.165, 1.54) is 12.1 Å². The molecule has 1 rings (SSSR count). The highest BCUT2D eigenvalue weighted by molar-refractivity contribution is 5.99. The fourth-order valence-electron chi connectivity index (χ4n) is 1.39. The van der Waals surface area contributed by atoms with E-state index >= 15 is 0 Å². The number of amides is 1. The molecule has 18 heavy (non-hydrogen) atoms. The Bertz CT molecular complexity index is 408. The lowest BCUT2D eigenvalue weighted by Crippen LogP contribution is -2.28. The van der Waals surface area contributed by atoms with Crippen LogP contribution in [0.15, 0.2) is 18.2 Å². The van der Waals surface area contributed by atoms with Crippen molar-refractivity contribution in [2.24, 2.45) is 5.92 Å². The normalized spacial score (nSPS) is 10.7. The van der Waals surface area contributed by atoms with Crippen LogP contribution in [0.25, 0.3) is 0 Å². The molecule has 4 nitrogen and oxygen atoms in total. The molecule has 0 unspecified atom stereocenters. The largest absolute Gasteiger partial charge is 0.398 e. The lowest BCUT2D eigenvalue weighted by molar-refractivity contribution is 0.0887. The topological polar surface area (TPSA) is 64.3 Å². The highest BCUT2D eigenvalue weighted by atomic mass is 19.1. The standard InChI is InChI=1S/C13H19FN2O2/c1-9(2)8-18-6-5-16-13(17)11-4-3-10(14)7-12(11)15/h3-4,7,9H,5-6,8,15H2,1-2H3,(H,16,17). The molecule has 100 valence electrons. The second-order valence-electron chi connectivity index (χ2n) is 4.46. The van der Waals surface area contributed by atoms with Crippen LogP contribution in [0.2, 0.25) is 0 Å². The third-order valence-electron chi connectivity index (χ3n) is 2.24. The van der Waals surface area contributed by atoms with Gasteiger partial charge >= 0.3 is 0 Å². The summed E-state index contributed by atoms with van der Waals surface area (Å²) in [6.07, 6.45) is 0. The number of carbonyl (C=O) groups is 1. The van der Waals surface area contributed by atoms with Crippen molar-refractivity contribution in [3.05, 3.63) is 29.6 Å². The van der Waals surface area contributed by atoms with Gasteiger partial charge in [-0.3, -0.25) is 4.79 Å². The van der Waals surface area contributed by atoms with Crippen LogP contribution >= 0.6 is 0 Å². The fourth-order valence-corrected chi connectivity index (χ4v) is 1.39. The summed E-state index contributed by atoms with van der Waals surface area (Å²) in [5.41, 5.74) is 5.97. The zero-order chi connectivity index (χ0) is 13.5. The van der Waals surface area contributed by atoms with Gasteiger partial charge in [0.15, 0.2) is 0 Å². The first-order valence-corrected chi connectivity index (χ1v) is 5.91. The molecular weight excluding hydrogens is 235 g/mol. The molecular formula is C13H19FN2O2. The molecule has 0 heterocycles. The van der Waals surface area contributed by atoms with Gasteiger partial charge in [-0.2, -0.15) is 0 Å². The summed E-state index contributed by atoms with van der Waals surface area (Å²) >= 11 is 0. The lowest BCUT2D eigenvalue weighted by atomic mass is 10.1. The van der Waals surface area contributed by atoms with Crippen molar-refractivity contribution in [1.29, 1.82) is 0 Å². The molecule has 1 aromatic carbocycles. The van der Waals surface area contributed by atoms with Crippen molar-refractivity contribution >= 4 is 11.6 Å². The maximum Gasteiger partial charge on any atom is 0.253 e. The number of rotatable bonds is 6. The van der Waals surface area contributed by atoms with E-state index in [4.69, 9.17) is 10.5 Å². The number of benzene rings is 1. The van der Waals surface area contributed by atoms with Gasteiger partial charge in [0.25, 0.3) is 5.91 Å². The maximum atomic E-state index is 12.8. The maximum absolute atomic E-state index is 12.8. The number of carbonyl (C=O) groups excluding carboxylic acids is 1. The highest BCUT2D eigenvalue weighted by Gasteiger charge is 2.09. The monoisotopic (exact) mass is 254 g/mol. The third-order valence-corrected chi connectivity index (χ3v) is 2.24. The van der Waals surface area contributed by atoms with Crippen LogP contribution in [0.5, 0.6) is 0 Å². The summed E-state index contributed by atoms with van der Waals surface area (Å²) in [6, 6.07) is 3.71. The van der Waals surface area contributed by atoms with Gasteiger partial charge in [0, 0.05) is 18.8 Å². The minimum Gasteiger partial charge on any atom is -0.398 e. The number of ether oxygens (including phenoxy) is 1. The molecule has 5 heteroatoms. The Balaban J connectivity index is 2.36. The molecule has 0 saturated heterocycles. The van der Waals surface area contributed by atoms with E-state index in [2.05, 4.69) is 19.2 Å². The van der Waals surface area contributed by atoms with E-state index in [1.807, 2.05) is 0 Å². The van der Waals surface area contributed by atoms with Crippen molar-refractivity contribution in [3.8, 4) is 0 Å². The Labute approximate surface area is 106 Å². The quantitative estimate of drug-likeness (QED) is 0.601. The highest BCUT2D eigenvalue weighted by Crippen LogP contribution is 2.12. The van der Waals surface area contributed by atoms with E-state index in [0.29, 0.717) is 25.7 Å². The second kappa shape index (κ2) is 6.96. The van der Waals surface area contributed by atoms with Gasteiger partial charge in [0.2, 0.25) is 0 Å². The Morgan fingerprint density at radius 1 is 1.50 bits per heavy atom. The predicted molar refractivity (Wildman–Crippen MR) is 68.8 cm³/mol. The molecule has 0 atom stereocenters. The number of halogens is 1. The van der Waals surface area contributed by atoms with E-state index in [9.17, 15) is 9.18 Å². The van der Waals surface area contributed by atoms with Gasteiger partial charge < -0.3 is 15.8 Å². The van der Waals surface area contributed by atoms with Gasteiger partial charge in [-0.25, -0.2) is 4.39 Å². The summed E-state index contributed by atoms with van der Waals surface area (Å²) in [5, 5.41) is 2.67. The molecule has 3 N–H and O–H groups in total. The molecule has 0 bridgehead atoms. The van der Waals surface area contributed by atoms with E-state index < -0.39 is 5.82 Å². The van der Waals surface area contributed by atoms with Crippen LogP contribution in [0.4, 0.5) is 10.1 Å². The fraction of sp³-hybridized carbons (Fsp3) is 0.462. The van der Waals surface area contributed by atoms with Crippen LogP contribution in [-0.2, 0) is 4.74 Å². The Morgan fingerprint density at radius 2 is 2.22 bits per heavy atom. The predicted octanol–water partition coefficient (Wildman–Crippen LogP) is 1.81. The van der Waals surface area contributed by atoms with Crippen LogP contribution in [-0.4, -0.2) is 25.7 Å². The molecule has 1 aromatic rings. The van der Waals surface area contributed by atoms with Gasteiger partial charge in [-0.1, -0.05) is 13.8 Å². The summed E-state index contributed by atoms with van der Waals surface area (Å²) in [7, 11) is 0. The number of nitrogens with one attached hydrogen (secondary N) is 1. The van der Waals surface area contributed by atoms with Crippen molar-refractivity contribution in [2.75, 3.05) is 25.5 Å². The molecule has 0 aliphatic carbocycles. The number of anilines is 1. The summed E-state index contributed by atoms with van der Waals surface area (Å²) < 4.78 is 18.1. The smallest absolute Gasteiger partial charge is 0.253 e. The van der Waals surface area contributed by atoms with Gasteiger partial charge in [-0.05, 0) is 24.1 Å². The molecule has 0 aliphatic heterocycles. The average Bonchev–Trinajstić information content (AvgIpc) is 2.27. The minimum atomic E-state index is -0.454. The number of nitrogens with two attached hydrogens (primary N) is 1. The minimum absolute atomic E-state index is 0.135. The van der Waals surface area contributed by atoms with Crippen molar-refractivity contribution in [1.82, 2.24) is 5.32 Å². The van der Waals surface area contributed by atoms with Crippen molar-refractivity contribution in [2.45, 2.75) is 13.8 Å². The first-order valence-electron chi connectivity index (χ1n) is 5.91. The van der Waals surface area contributed by atoms with Gasteiger partial charge in [0.1, 0.15) is 5.82 Å². The van der Waals surface area contributed by atoms with E-state index in [-0.39, 0.29) is 17.2 Å². The third kappa shape index (κ3) is 4.71. The molecule has 0 aliphatic rings. The van der Waals surface area contributed by atoms with Crippen LogP contribution < -0.4 is 11.1 Å². The molecule has 0 aromatic heterocycles. The second-order valence-corrected chi connectivity index (χ2v) is 4.46. The average molecular weight is 254 g/mol. The Morgan fingerprint density at radius 3 is 2.83 bits per heavy atom. The summed E-state index contributed by atoms with van der Waals surface area (Å²) in [5.74, 6) is -0.307. The number of hydrogen-bond donors (Lipinski definition) is 2. The SMILES string of the molecule is CC(C)COCCNC(=O)c1ccc(F)cc1N. The van der Waals surface area contributed by atoms with E-state index in [1.54, 1.807) is 0 Å². The molecule has 1 amide bonds.